The molecule has 0 saturated carbocycles. The molecule has 2 aromatic carbocycles. The third-order valence-corrected chi connectivity index (χ3v) is 4.39. The smallest absolute Gasteiger partial charge is 0.287 e. The SMILES string of the molecule is O=C(Cn1nc(COc2ccccc2)oc1=S)Nc1cccc(Cl)c1Cl. The molecule has 0 spiro atoms. The highest BCUT2D eigenvalue weighted by Gasteiger charge is 2.12. The second kappa shape index (κ2) is 8.35. The van der Waals surface area contributed by atoms with Gasteiger partial charge in [-0.3, -0.25) is 4.79 Å². The molecule has 0 aliphatic heterocycles. The van der Waals surface area contributed by atoms with Crippen LogP contribution in [0.5, 0.6) is 5.75 Å². The number of aromatic nitrogens is 2. The fourth-order valence-electron chi connectivity index (χ4n) is 2.10. The summed E-state index contributed by atoms with van der Waals surface area (Å²) in [5.41, 5.74) is 0.409. The second-order valence-corrected chi connectivity index (χ2v) is 6.31. The van der Waals surface area contributed by atoms with E-state index < -0.39 is 0 Å². The van der Waals surface area contributed by atoms with E-state index >= 15 is 0 Å². The largest absolute Gasteiger partial charge is 0.484 e. The van der Waals surface area contributed by atoms with Gasteiger partial charge >= 0.3 is 0 Å². The van der Waals surface area contributed by atoms with Crippen LogP contribution in [-0.4, -0.2) is 15.7 Å². The van der Waals surface area contributed by atoms with Gasteiger partial charge in [-0.15, -0.1) is 5.10 Å². The normalized spacial score (nSPS) is 10.5. The van der Waals surface area contributed by atoms with Gasteiger partial charge < -0.3 is 14.5 Å². The number of amides is 1. The summed E-state index contributed by atoms with van der Waals surface area (Å²) >= 11 is 17.1. The first-order valence-electron chi connectivity index (χ1n) is 7.51. The number of benzene rings is 2. The molecule has 0 unspecified atom stereocenters. The number of hydrogen-bond donors (Lipinski definition) is 1. The van der Waals surface area contributed by atoms with E-state index in [4.69, 9.17) is 44.6 Å². The van der Waals surface area contributed by atoms with E-state index in [1.54, 1.807) is 18.2 Å². The highest BCUT2D eigenvalue weighted by Crippen LogP contribution is 2.29. The van der Waals surface area contributed by atoms with Crippen molar-refractivity contribution in [2.45, 2.75) is 13.2 Å². The number of nitrogens with one attached hydrogen (secondary N) is 1. The highest BCUT2D eigenvalue weighted by molar-refractivity contribution is 7.71. The van der Waals surface area contributed by atoms with Crippen LogP contribution in [0.1, 0.15) is 5.89 Å². The van der Waals surface area contributed by atoms with Crippen LogP contribution in [0.15, 0.2) is 52.9 Å². The molecule has 6 nitrogen and oxygen atoms in total. The summed E-state index contributed by atoms with van der Waals surface area (Å²) in [6.07, 6.45) is 0. The molecule has 0 radical (unpaired) electrons. The van der Waals surface area contributed by atoms with Crippen molar-refractivity contribution in [2.75, 3.05) is 5.32 Å². The van der Waals surface area contributed by atoms with E-state index in [0.717, 1.165) is 0 Å². The molecule has 134 valence electrons. The third kappa shape index (κ3) is 4.63. The monoisotopic (exact) mass is 409 g/mol. The minimum Gasteiger partial charge on any atom is -0.484 e. The number of anilines is 1. The van der Waals surface area contributed by atoms with Gasteiger partial charge in [-0.1, -0.05) is 47.5 Å². The van der Waals surface area contributed by atoms with E-state index in [-0.39, 0.29) is 34.8 Å². The molecule has 26 heavy (non-hydrogen) atoms. The molecule has 0 saturated heterocycles. The summed E-state index contributed by atoms with van der Waals surface area (Å²) < 4.78 is 12.2. The Kier molecular flexibility index (Phi) is 5.92. The molecule has 0 bridgehead atoms. The van der Waals surface area contributed by atoms with E-state index in [1.165, 1.54) is 4.68 Å². The fraction of sp³-hybridized carbons (Fsp3) is 0.118. The molecular weight excluding hydrogens is 397 g/mol. The lowest BCUT2D eigenvalue weighted by atomic mass is 10.3. The van der Waals surface area contributed by atoms with Gasteiger partial charge in [0.2, 0.25) is 5.91 Å². The minimum absolute atomic E-state index is 0.0732. The highest BCUT2D eigenvalue weighted by atomic mass is 35.5. The van der Waals surface area contributed by atoms with Crippen molar-refractivity contribution in [3.8, 4) is 5.75 Å². The van der Waals surface area contributed by atoms with E-state index in [0.29, 0.717) is 16.5 Å². The van der Waals surface area contributed by atoms with Crippen LogP contribution in [-0.2, 0) is 17.9 Å². The molecule has 0 fully saturated rings. The van der Waals surface area contributed by atoms with Crippen molar-refractivity contribution in [2.24, 2.45) is 0 Å². The molecule has 1 amide bonds. The number of para-hydroxylation sites is 1. The van der Waals surface area contributed by atoms with Crippen molar-refractivity contribution >= 4 is 47.0 Å². The average Bonchev–Trinajstić information content (AvgIpc) is 2.97. The van der Waals surface area contributed by atoms with E-state index in [2.05, 4.69) is 10.4 Å². The average molecular weight is 410 g/mol. The topological polar surface area (TPSA) is 69.3 Å². The number of rotatable bonds is 6. The maximum absolute atomic E-state index is 12.2. The molecule has 0 aliphatic carbocycles. The Hall–Kier alpha value is -2.35. The molecule has 3 rings (SSSR count). The molecule has 0 aliphatic rings. The zero-order valence-electron chi connectivity index (χ0n) is 13.3. The quantitative estimate of drug-likeness (QED) is 0.595. The van der Waals surface area contributed by atoms with E-state index in [1.807, 2.05) is 30.3 Å². The predicted octanol–water partition coefficient (Wildman–Crippen LogP) is 4.73. The molecule has 3 aromatic rings. The van der Waals surface area contributed by atoms with Crippen LogP contribution in [0.3, 0.4) is 0 Å². The van der Waals surface area contributed by atoms with Crippen molar-refractivity contribution in [1.29, 1.82) is 0 Å². The van der Waals surface area contributed by atoms with Gasteiger partial charge in [0, 0.05) is 0 Å². The number of ether oxygens (including phenoxy) is 1. The minimum atomic E-state index is -0.367. The van der Waals surface area contributed by atoms with Crippen molar-refractivity contribution in [3.05, 3.63) is 69.3 Å². The van der Waals surface area contributed by atoms with Crippen molar-refractivity contribution < 1.29 is 13.9 Å². The van der Waals surface area contributed by atoms with Crippen LogP contribution in [0.25, 0.3) is 0 Å². The lowest BCUT2D eigenvalue weighted by molar-refractivity contribution is -0.117. The molecule has 0 atom stereocenters. The first-order chi connectivity index (χ1) is 12.5. The summed E-state index contributed by atoms with van der Waals surface area (Å²) in [6, 6.07) is 14.2. The van der Waals surface area contributed by atoms with Crippen LogP contribution in [0.2, 0.25) is 10.0 Å². The number of hydrogen-bond acceptors (Lipinski definition) is 5. The Morgan fingerprint density at radius 1 is 1.19 bits per heavy atom. The summed E-state index contributed by atoms with van der Waals surface area (Å²) in [5, 5.41) is 7.42. The first kappa shape index (κ1) is 18.4. The Bertz CT molecular complexity index is 973. The van der Waals surface area contributed by atoms with Gasteiger partial charge in [0.1, 0.15) is 12.3 Å². The lowest BCUT2D eigenvalue weighted by Gasteiger charge is -2.07. The molecule has 1 heterocycles. The van der Waals surface area contributed by atoms with Crippen molar-refractivity contribution in [1.82, 2.24) is 9.78 Å². The Labute approximate surface area is 164 Å². The first-order valence-corrected chi connectivity index (χ1v) is 8.68. The Balaban J connectivity index is 1.63. The summed E-state index contributed by atoms with van der Waals surface area (Å²) in [7, 11) is 0. The zero-order valence-corrected chi connectivity index (χ0v) is 15.6. The lowest BCUT2D eigenvalue weighted by Crippen LogP contribution is -2.20. The molecule has 1 aromatic heterocycles. The number of nitrogens with zero attached hydrogens (tertiary/aromatic N) is 2. The second-order valence-electron chi connectivity index (χ2n) is 5.17. The van der Waals surface area contributed by atoms with E-state index in [9.17, 15) is 4.79 Å². The fourth-order valence-corrected chi connectivity index (χ4v) is 2.64. The molecule has 9 heteroatoms. The van der Waals surface area contributed by atoms with Crippen LogP contribution >= 0.6 is 35.4 Å². The maximum Gasteiger partial charge on any atom is 0.287 e. The van der Waals surface area contributed by atoms with Crippen LogP contribution in [0, 0.1) is 4.84 Å². The summed E-state index contributed by atoms with van der Waals surface area (Å²) in [6.45, 7) is -0.0289. The van der Waals surface area contributed by atoms with Gasteiger partial charge in [0.25, 0.3) is 10.7 Å². The number of halogens is 2. The summed E-state index contributed by atoms with van der Waals surface area (Å²) in [4.78, 5) is 12.3. The predicted molar refractivity (Wildman–Crippen MR) is 101 cm³/mol. The number of carbonyl (C=O) groups is 1. The van der Waals surface area contributed by atoms with Gasteiger partial charge in [-0.25, -0.2) is 4.68 Å². The zero-order chi connectivity index (χ0) is 18.5. The van der Waals surface area contributed by atoms with Gasteiger partial charge in [-0.05, 0) is 36.5 Å². The molecule has 1 N–H and O–H groups in total. The van der Waals surface area contributed by atoms with Gasteiger partial charge in [0.05, 0.1) is 15.7 Å². The molecular formula is C17H13Cl2N3O3S. The third-order valence-electron chi connectivity index (χ3n) is 3.27. The summed E-state index contributed by atoms with van der Waals surface area (Å²) in [5.74, 6) is 0.582. The van der Waals surface area contributed by atoms with Crippen molar-refractivity contribution in [3.63, 3.8) is 0 Å². The standard InChI is InChI=1S/C17H13Cl2N3O3S/c18-12-7-4-8-13(16(12)19)20-14(23)9-22-17(26)25-15(21-22)10-24-11-5-2-1-3-6-11/h1-8H,9-10H2,(H,20,23). The number of carbonyl (C=O) groups excluding carboxylic acids is 1. The Morgan fingerprint density at radius 2 is 1.96 bits per heavy atom. The Morgan fingerprint density at radius 3 is 2.73 bits per heavy atom. The van der Waals surface area contributed by atoms with Crippen LogP contribution in [0.4, 0.5) is 5.69 Å². The van der Waals surface area contributed by atoms with Gasteiger partial charge in [-0.2, -0.15) is 0 Å². The van der Waals surface area contributed by atoms with Crippen LogP contribution < -0.4 is 10.1 Å². The maximum atomic E-state index is 12.2. The van der Waals surface area contributed by atoms with Gasteiger partial charge in [0.15, 0.2) is 6.61 Å².